The van der Waals surface area contributed by atoms with Crippen molar-refractivity contribution < 1.29 is 4.79 Å². The highest BCUT2D eigenvalue weighted by Crippen LogP contribution is 2.34. The lowest BCUT2D eigenvalue weighted by Gasteiger charge is -2.14. The first kappa shape index (κ1) is 8.29. The van der Waals surface area contributed by atoms with Gasteiger partial charge in [-0.25, -0.2) is 0 Å². The predicted octanol–water partition coefficient (Wildman–Crippen LogP) is 2.24. The van der Waals surface area contributed by atoms with Crippen LogP contribution in [0.5, 0.6) is 0 Å². The molecule has 1 aromatic carbocycles. The monoisotopic (exact) mass is 198 g/mol. The fraction of sp³-hybridized carbons (Fsp3) is 0.0833. The van der Waals surface area contributed by atoms with Crippen molar-refractivity contribution in [2.45, 2.75) is 6.42 Å². The number of anilines is 2. The Labute approximate surface area is 87.3 Å². The van der Waals surface area contributed by atoms with Crippen LogP contribution in [-0.2, 0) is 11.2 Å². The zero-order chi connectivity index (χ0) is 10.3. The number of nitrogens with zero attached hydrogens (tertiary/aromatic N) is 1. The first-order chi connectivity index (χ1) is 7.36. The third-order valence-corrected chi connectivity index (χ3v) is 2.66. The van der Waals surface area contributed by atoms with Gasteiger partial charge in [-0.1, -0.05) is 18.2 Å². The molecule has 0 unspecified atom stereocenters. The van der Waals surface area contributed by atoms with Crippen LogP contribution in [0.2, 0.25) is 0 Å². The van der Waals surface area contributed by atoms with Gasteiger partial charge in [-0.05, 0) is 17.7 Å². The largest absolute Gasteiger partial charge is 0.366 e. The van der Waals surface area contributed by atoms with Crippen molar-refractivity contribution in [1.82, 2.24) is 4.98 Å². The average Bonchev–Trinajstić information content (AvgIpc) is 2.82. The van der Waals surface area contributed by atoms with Crippen molar-refractivity contribution >= 4 is 17.3 Å². The average molecular weight is 198 g/mol. The number of H-pyrrole nitrogens is 1. The van der Waals surface area contributed by atoms with E-state index in [0.717, 1.165) is 16.9 Å². The third-order valence-electron chi connectivity index (χ3n) is 2.66. The van der Waals surface area contributed by atoms with Crippen LogP contribution < -0.4 is 4.90 Å². The summed E-state index contributed by atoms with van der Waals surface area (Å²) < 4.78 is 0. The van der Waals surface area contributed by atoms with Crippen molar-refractivity contribution in [2.24, 2.45) is 0 Å². The zero-order valence-electron chi connectivity index (χ0n) is 8.10. The summed E-state index contributed by atoms with van der Waals surface area (Å²) in [5, 5.41) is 0. The molecule has 0 bridgehead atoms. The van der Waals surface area contributed by atoms with E-state index in [0.29, 0.717) is 6.42 Å². The minimum Gasteiger partial charge on any atom is -0.366 e. The molecule has 1 aliphatic rings. The lowest BCUT2D eigenvalue weighted by molar-refractivity contribution is -0.116. The SMILES string of the molecule is O=C1Cc2ccccc2N1c1cc[nH]c1. The number of carbonyl (C=O) groups excluding carboxylic acids is 1. The topological polar surface area (TPSA) is 36.1 Å². The number of aromatic nitrogens is 1. The Kier molecular flexibility index (Phi) is 1.65. The molecule has 1 aromatic heterocycles. The van der Waals surface area contributed by atoms with E-state index in [2.05, 4.69) is 4.98 Å². The molecular formula is C12H10N2O. The standard InChI is InChI=1S/C12H10N2O/c15-12-7-9-3-1-2-4-11(9)14(12)10-5-6-13-8-10/h1-6,8,13H,7H2. The van der Waals surface area contributed by atoms with E-state index in [1.807, 2.05) is 42.7 Å². The summed E-state index contributed by atoms with van der Waals surface area (Å²) in [4.78, 5) is 16.6. The summed E-state index contributed by atoms with van der Waals surface area (Å²) in [6.45, 7) is 0. The van der Waals surface area contributed by atoms with Gasteiger partial charge in [-0.2, -0.15) is 0 Å². The third kappa shape index (κ3) is 1.16. The zero-order valence-corrected chi connectivity index (χ0v) is 8.10. The summed E-state index contributed by atoms with van der Waals surface area (Å²) in [6, 6.07) is 9.80. The van der Waals surface area contributed by atoms with Gasteiger partial charge in [0, 0.05) is 12.4 Å². The predicted molar refractivity (Wildman–Crippen MR) is 58.1 cm³/mol. The van der Waals surface area contributed by atoms with Crippen LogP contribution in [0.1, 0.15) is 5.56 Å². The fourth-order valence-corrected chi connectivity index (χ4v) is 1.99. The second-order valence-corrected chi connectivity index (χ2v) is 3.60. The van der Waals surface area contributed by atoms with Gasteiger partial charge in [0.25, 0.3) is 0 Å². The number of nitrogens with one attached hydrogen (secondary N) is 1. The highest BCUT2D eigenvalue weighted by atomic mass is 16.2. The molecule has 1 N–H and O–H groups in total. The number of hydrogen-bond acceptors (Lipinski definition) is 1. The first-order valence-corrected chi connectivity index (χ1v) is 4.90. The highest BCUT2D eigenvalue weighted by Gasteiger charge is 2.27. The molecule has 0 radical (unpaired) electrons. The van der Waals surface area contributed by atoms with Crippen LogP contribution in [0.3, 0.4) is 0 Å². The number of fused-ring (bicyclic) bond motifs is 1. The van der Waals surface area contributed by atoms with E-state index in [1.54, 1.807) is 4.90 Å². The Hall–Kier alpha value is -2.03. The maximum absolute atomic E-state index is 11.8. The second-order valence-electron chi connectivity index (χ2n) is 3.60. The molecule has 1 amide bonds. The van der Waals surface area contributed by atoms with Crippen molar-refractivity contribution in [2.75, 3.05) is 4.90 Å². The lowest BCUT2D eigenvalue weighted by atomic mass is 10.2. The van der Waals surface area contributed by atoms with Crippen LogP contribution in [0.25, 0.3) is 0 Å². The van der Waals surface area contributed by atoms with Gasteiger partial charge in [0.15, 0.2) is 0 Å². The van der Waals surface area contributed by atoms with Crippen LogP contribution in [0.15, 0.2) is 42.7 Å². The highest BCUT2D eigenvalue weighted by molar-refractivity contribution is 6.07. The first-order valence-electron chi connectivity index (χ1n) is 4.90. The van der Waals surface area contributed by atoms with Gasteiger partial charge < -0.3 is 4.98 Å². The lowest BCUT2D eigenvalue weighted by Crippen LogP contribution is -2.20. The summed E-state index contributed by atoms with van der Waals surface area (Å²) in [7, 11) is 0. The van der Waals surface area contributed by atoms with Gasteiger partial charge >= 0.3 is 0 Å². The molecule has 0 spiro atoms. The van der Waals surface area contributed by atoms with Crippen LogP contribution in [0, 0.1) is 0 Å². The molecule has 0 fully saturated rings. The number of benzene rings is 1. The number of rotatable bonds is 1. The Bertz CT molecular complexity index is 502. The van der Waals surface area contributed by atoms with Crippen molar-refractivity contribution in [3.8, 4) is 0 Å². The second kappa shape index (κ2) is 2.98. The molecule has 3 rings (SSSR count). The normalized spacial score (nSPS) is 14.4. The molecule has 0 atom stereocenters. The van der Waals surface area contributed by atoms with Crippen LogP contribution in [-0.4, -0.2) is 10.9 Å². The molecule has 3 nitrogen and oxygen atoms in total. The van der Waals surface area contributed by atoms with Crippen LogP contribution in [0.4, 0.5) is 11.4 Å². The maximum Gasteiger partial charge on any atom is 0.236 e. The molecular weight excluding hydrogens is 188 g/mol. The van der Waals surface area contributed by atoms with Crippen molar-refractivity contribution in [3.05, 3.63) is 48.3 Å². The molecule has 0 aliphatic carbocycles. The van der Waals surface area contributed by atoms with Crippen LogP contribution >= 0.6 is 0 Å². The number of carbonyl (C=O) groups is 1. The van der Waals surface area contributed by atoms with Gasteiger partial charge in [-0.3, -0.25) is 9.69 Å². The molecule has 0 saturated heterocycles. The minimum absolute atomic E-state index is 0.135. The van der Waals surface area contributed by atoms with Crippen molar-refractivity contribution in [3.63, 3.8) is 0 Å². The molecule has 2 heterocycles. The quantitative estimate of drug-likeness (QED) is 0.749. The van der Waals surface area contributed by atoms with Crippen molar-refractivity contribution in [1.29, 1.82) is 0 Å². The van der Waals surface area contributed by atoms with Gasteiger partial charge in [-0.15, -0.1) is 0 Å². The summed E-state index contributed by atoms with van der Waals surface area (Å²) >= 11 is 0. The summed E-state index contributed by atoms with van der Waals surface area (Å²) in [5.74, 6) is 0.135. The number of aromatic amines is 1. The molecule has 1 aliphatic heterocycles. The molecule has 0 saturated carbocycles. The number of hydrogen-bond donors (Lipinski definition) is 1. The Balaban J connectivity index is 2.14. The molecule has 2 aromatic rings. The molecule has 74 valence electrons. The summed E-state index contributed by atoms with van der Waals surface area (Å²) in [6.07, 6.45) is 4.16. The minimum atomic E-state index is 0.135. The Morgan fingerprint density at radius 1 is 1.20 bits per heavy atom. The molecule has 15 heavy (non-hydrogen) atoms. The van der Waals surface area contributed by atoms with E-state index in [9.17, 15) is 4.79 Å². The van der Waals surface area contributed by atoms with E-state index in [4.69, 9.17) is 0 Å². The number of amides is 1. The van der Waals surface area contributed by atoms with E-state index >= 15 is 0 Å². The van der Waals surface area contributed by atoms with Gasteiger partial charge in [0.2, 0.25) is 5.91 Å². The molecule has 3 heteroatoms. The summed E-state index contributed by atoms with van der Waals surface area (Å²) in [5.41, 5.74) is 3.01. The Morgan fingerprint density at radius 3 is 2.87 bits per heavy atom. The van der Waals surface area contributed by atoms with E-state index in [-0.39, 0.29) is 5.91 Å². The number of para-hydroxylation sites is 1. The maximum atomic E-state index is 11.8. The smallest absolute Gasteiger partial charge is 0.236 e. The fourth-order valence-electron chi connectivity index (χ4n) is 1.99. The Morgan fingerprint density at radius 2 is 2.07 bits per heavy atom. The van der Waals surface area contributed by atoms with Gasteiger partial charge in [0.05, 0.1) is 17.8 Å². The van der Waals surface area contributed by atoms with Gasteiger partial charge in [0.1, 0.15) is 0 Å². The van der Waals surface area contributed by atoms with E-state index in [1.165, 1.54) is 0 Å². The van der Waals surface area contributed by atoms with E-state index < -0.39 is 0 Å².